The molecule has 0 saturated heterocycles. The number of carbonyl (C=O) groups is 2. The number of anilines is 1. The van der Waals surface area contributed by atoms with E-state index in [0.29, 0.717) is 0 Å². The van der Waals surface area contributed by atoms with E-state index in [4.69, 9.17) is 10.8 Å². The Bertz CT molecular complexity index is 450. The summed E-state index contributed by atoms with van der Waals surface area (Å²) in [6.07, 6.45) is -0.195. The van der Waals surface area contributed by atoms with Crippen molar-refractivity contribution in [3.8, 4) is 5.75 Å². The van der Waals surface area contributed by atoms with E-state index < -0.39 is 17.9 Å². The summed E-state index contributed by atoms with van der Waals surface area (Å²) in [5, 5.41) is 23.4. The lowest BCUT2D eigenvalue weighted by Gasteiger charge is -2.16. The normalized spacial score (nSPS) is 11.8. The molecule has 1 rings (SSSR count). The minimum absolute atomic E-state index is 0.0733. The second-order valence-corrected chi connectivity index (χ2v) is 3.91. The lowest BCUT2D eigenvalue weighted by molar-refractivity contribution is -0.124. The number of carbonyl (C=O) groups excluding carboxylic acids is 2. The molecule has 0 aliphatic rings. The van der Waals surface area contributed by atoms with Gasteiger partial charge in [0.05, 0.1) is 24.8 Å². The fraction of sp³-hybridized carbons (Fsp3) is 0.333. The molecule has 0 bridgehead atoms. The fourth-order valence-corrected chi connectivity index (χ4v) is 1.50. The van der Waals surface area contributed by atoms with Crippen molar-refractivity contribution in [2.75, 3.05) is 18.5 Å². The van der Waals surface area contributed by atoms with Gasteiger partial charge in [0.25, 0.3) is 0 Å². The Morgan fingerprint density at radius 3 is 2.58 bits per heavy atom. The summed E-state index contributed by atoms with van der Waals surface area (Å²) >= 11 is 0. The molecule has 0 aromatic heterocycles. The third kappa shape index (κ3) is 4.94. The van der Waals surface area contributed by atoms with Crippen molar-refractivity contribution in [1.82, 2.24) is 5.32 Å². The van der Waals surface area contributed by atoms with Crippen molar-refractivity contribution in [1.29, 1.82) is 0 Å². The van der Waals surface area contributed by atoms with E-state index in [0.717, 1.165) is 0 Å². The molecule has 1 aromatic carbocycles. The monoisotopic (exact) mass is 267 g/mol. The van der Waals surface area contributed by atoms with Gasteiger partial charge in [-0.2, -0.15) is 0 Å². The summed E-state index contributed by atoms with van der Waals surface area (Å²) in [7, 11) is 0. The molecule has 7 nitrogen and oxygen atoms in total. The number of phenols is 1. The minimum atomic E-state index is -0.857. The largest absolute Gasteiger partial charge is 0.506 e. The number of nitrogens with one attached hydrogen (secondary N) is 2. The van der Waals surface area contributed by atoms with Crippen LogP contribution in [0.3, 0.4) is 0 Å². The number of rotatable bonds is 7. The Kier molecular flexibility index (Phi) is 5.77. The highest BCUT2D eigenvalue weighted by Crippen LogP contribution is 2.21. The van der Waals surface area contributed by atoms with E-state index in [9.17, 15) is 14.7 Å². The Morgan fingerprint density at radius 2 is 2.00 bits per heavy atom. The van der Waals surface area contributed by atoms with Crippen LogP contribution in [-0.4, -0.2) is 41.2 Å². The lowest BCUT2D eigenvalue weighted by atomic mass is 10.1. The van der Waals surface area contributed by atoms with Crippen LogP contribution >= 0.6 is 0 Å². The number of hydrogen-bond acceptors (Lipinski definition) is 5. The first-order valence-electron chi connectivity index (χ1n) is 5.76. The number of primary amides is 1. The molecule has 19 heavy (non-hydrogen) atoms. The molecule has 104 valence electrons. The molecule has 1 unspecified atom stereocenters. The first-order valence-corrected chi connectivity index (χ1v) is 5.76. The van der Waals surface area contributed by atoms with E-state index in [1.807, 2.05) is 0 Å². The minimum Gasteiger partial charge on any atom is -0.506 e. The SMILES string of the molecule is NC(=O)CC(NCCO)C(=O)Nc1ccccc1O. The summed E-state index contributed by atoms with van der Waals surface area (Å²) in [5.74, 6) is -1.22. The van der Waals surface area contributed by atoms with E-state index >= 15 is 0 Å². The molecule has 2 amide bonds. The zero-order valence-electron chi connectivity index (χ0n) is 10.3. The average Bonchev–Trinajstić information content (AvgIpc) is 2.36. The third-order valence-corrected chi connectivity index (χ3v) is 2.39. The number of para-hydroxylation sites is 2. The van der Waals surface area contributed by atoms with Gasteiger partial charge in [-0.3, -0.25) is 9.59 Å². The highest BCUT2D eigenvalue weighted by Gasteiger charge is 2.20. The first kappa shape index (κ1) is 14.9. The van der Waals surface area contributed by atoms with Crippen LogP contribution in [0.25, 0.3) is 0 Å². The quantitative estimate of drug-likeness (QED) is 0.412. The maximum absolute atomic E-state index is 11.9. The van der Waals surface area contributed by atoms with Crippen molar-refractivity contribution in [2.45, 2.75) is 12.5 Å². The molecule has 1 atom stereocenters. The molecule has 0 heterocycles. The predicted octanol–water partition coefficient (Wildman–Crippen LogP) is -0.843. The highest BCUT2D eigenvalue weighted by molar-refractivity contribution is 5.98. The summed E-state index contributed by atoms with van der Waals surface area (Å²) in [6, 6.07) is 5.37. The van der Waals surface area contributed by atoms with Gasteiger partial charge in [0.15, 0.2) is 0 Å². The summed E-state index contributed by atoms with van der Waals surface area (Å²) < 4.78 is 0. The van der Waals surface area contributed by atoms with E-state index in [1.54, 1.807) is 12.1 Å². The molecule has 0 fully saturated rings. The Balaban J connectivity index is 2.70. The van der Waals surface area contributed by atoms with Crippen molar-refractivity contribution < 1.29 is 19.8 Å². The summed E-state index contributed by atoms with van der Waals surface area (Å²) in [6.45, 7) is -0.00866. The van der Waals surface area contributed by atoms with Crippen molar-refractivity contribution >= 4 is 17.5 Å². The predicted molar refractivity (Wildman–Crippen MR) is 69.4 cm³/mol. The lowest BCUT2D eigenvalue weighted by Crippen LogP contribution is -2.44. The molecule has 0 radical (unpaired) electrons. The summed E-state index contributed by atoms with van der Waals surface area (Å²) in [4.78, 5) is 22.8. The van der Waals surface area contributed by atoms with Gasteiger partial charge in [-0.05, 0) is 12.1 Å². The van der Waals surface area contributed by atoms with E-state index in [1.165, 1.54) is 12.1 Å². The van der Waals surface area contributed by atoms with Gasteiger partial charge in [0.2, 0.25) is 11.8 Å². The van der Waals surface area contributed by atoms with Gasteiger partial charge in [-0.1, -0.05) is 12.1 Å². The first-order chi connectivity index (χ1) is 9.04. The van der Waals surface area contributed by atoms with Gasteiger partial charge in [-0.25, -0.2) is 0 Å². The van der Waals surface area contributed by atoms with E-state index in [-0.39, 0.29) is 31.0 Å². The molecule has 0 spiro atoms. The third-order valence-electron chi connectivity index (χ3n) is 2.39. The standard InChI is InChI=1S/C12H17N3O4/c13-11(18)7-9(14-5-6-16)12(19)15-8-3-1-2-4-10(8)17/h1-4,9,14,16-17H,5-7H2,(H2,13,18)(H,15,19). The van der Waals surface area contributed by atoms with Gasteiger partial charge >= 0.3 is 0 Å². The molecular formula is C12H17N3O4. The Morgan fingerprint density at radius 1 is 1.32 bits per heavy atom. The van der Waals surface area contributed by atoms with Crippen molar-refractivity contribution in [3.05, 3.63) is 24.3 Å². The van der Waals surface area contributed by atoms with Crippen LogP contribution in [0.4, 0.5) is 5.69 Å². The molecule has 1 aromatic rings. The van der Waals surface area contributed by atoms with Crippen LogP contribution in [0, 0.1) is 0 Å². The van der Waals surface area contributed by atoms with Gasteiger partial charge in [0, 0.05) is 6.54 Å². The summed E-state index contributed by atoms with van der Waals surface area (Å²) in [5.41, 5.74) is 5.30. The van der Waals surface area contributed by atoms with E-state index in [2.05, 4.69) is 10.6 Å². The number of benzene rings is 1. The van der Waals surface area contributed by atoms with Crippen LogP contribution in [0.1, 0.15) is 6.42 Å². The molecule has 0 saturated carbocycles. The highest BCUT2D eigenvalue weighted by atomic mass is 16.3. The zero-order chi connectivity index (χ0) is 14.3. The number of hydrogen-bond donors (Lipinski definition) is 5. The van der Waals surface area contributed by atoms with Crippen LogP contribution < -0.4 is 16.4 Å². The second-order valence-electron chi connectivity index (χ2n) is 3.91. The average molecular weight is 267 g/mol. The van der Waals surface area contributed by atoms with Crippen molar-refractivity contribution in [3.63, 3.8) is 0 Å². The molecular weight excluding hydrogens is 250 g/mol. The van der Waals surface area contributed by atoms with Gasteiger partial charge < -0.3 is 26.6 Å². The van der Waals surface area contributed by atoms with Crippen LogP contribution in [0.2, 0.25) is 0 Å². The number of amides is 2. The second kappa shape index (κ2) is 7.34. The van der Waals surface area contributed by atoms with Crippen molar-refractivity contribution in [2.24, 2.45) is 5.73 Å². The number of nitrogens with two attached hydrogens (primary N) is 1. The molecule has 0 aliphatic carbocycles. The fourth-order valence-electron chi connectivity index (χ4n) is 1.50. The topological polar surface area (TPSA) is 125 Å². The Hall–Kier alpha value is -2.12. The number of phenolic OH excluding ortho intramolecular Hbond substituents is 1. The van der Waals surface area contributed by atoms with Crippen LogP contribution in [0.15, 0.2) is 24.3 Å². The van der Waals surface area contributed by atoms with Gasteiger partial charge in [-0.15, -0.1) is 0 Å². The zero-order valence-corrected chi connectivity index (χ0v) is 10.3. The maximum Gasteiger partial charge on any atom is 0.242 e. The number of aliphatic hydroxyl groups excluding tert-OH is 1. The smallest absolute Gasteiger partial charge is 0.242 e. The number of aromatic hydroxyl groups is 1. The van der Waals surface area contributed by atoms with Crippen LogP contribution in [0.5, 0.6) is 5.75 Å². The number of aliphatic hydroxyl groups is 1. The van der Waals surface area contributed by atoms with Gasteiger partial charge in [0.1, 0.15) is 5.75 Å². The molecule has 0 aliphatic heterocycles. The van der Waals surface area contributed by atoms with Crippen LogP contribution in [-0.2, 0) is 9.59 Å². The maximum atomic E-state index is 11.9. The molecule has 6 N–H and O–H groups in total. The Labute approximate surface area is 110 Å². The molecule has 7 heteroatoms.